The summed E-state index contributed by atoms with van der Waals surface area (Å²) < 4.78 is 15.3. The summed E-state index contributed by atoms with van der Waals surface area (Å²) in [5, 5.41) is 4.27. The van der Waals surface area contributed by atoms with Crippen LogP contribution in [0.25, 0.3) is 0 Å². The van der Waals surface area contributed by atoms with Gasteiger partial charge in [0.05, 0.1) is 16.8 Å². The highest BCUT2D eigenvalue weighted by molar-refractivity contribution is 6.30. The predicted octanol–water partition coefficient (Wildman–Crippen LogP) is 2.25. The number of nitrogens with zero attached hydrogens (tertiary/aromatic N) is 2. The van der Waals surface area contributed by atoms with Crippen LogP contribution >= 0.6 is 11.6 Å². The van der Waals surface area contributed by atoms with Crippen LogP contribution in [0.5, 0.6) is 0 Å². The van der Waals surface area contributed by atoms with Crippen molar-refractivity contribution < 1.29 is 4.39 Å². The number of halogens is 2. The van der Waals surface area contributed by atoms with E-state index in [0.29, 0.717) is 5.56 Å². The lowest BCUT2D eigenvalue weighted by Gasteiger charge is -2.18. The lowest BCUT2D eigenvalue weighted by molar-refractivity contribution is 0.539. The van der Waals surface area contributed by atoms with Crippen LogP contribution in [-0.4, -0.2) is 9.78 Å². The maximum Gasteiger partial charge on any atom is 0.142 e. The lowest BCUT2D eigenvalue weighted by atomic mass is 10.0. The second-order valence-electron chi connectivity index (χ2n) is 3.85. The van der Waals surface area contributed by atoms with Crippen LogP contribution < -0.4 is 11.3 Å². The average Bonchev–Trinajstić information content (AvgIpc) is 2.83. The molecule has 0 bridgehead atoms. The topological polar surface area (TPSA) is 55.9 Å². The van der Waals surface area contributed by atoms with Gasteiger partial charge in [0, 0.05) is 12.7 Å². The fraction of sp³-hybridized carbons (Fsp3) is 0.250. The molecule has 1 unspecified atom stereocenters. The molecule has 0 spiro atoms. The molecule has 6 heteroatoms. The zero-order valence-corrected chi connectivity index (χ0v) is 10.7. The Morgan fingerprint density at radius 2 is 2.28 bits per heavy atom. The van der Waals surface area contributed by atoms with Gasteiger partial charge >= 0.3 is 0 Å². The fourth-order valence-electron chi connectivity index (χ4n) is 1.90. The molecule has 2 rings (SSSR count). The maximum atomic E-state index is 13.5. The van der Waals surface area contributed by atoms with Crippen molar-refractivity contribution in [3.63, 3.8) is 0 Å². The van der Waals surface area contributed by atoms with Crippen molar-refractivity contribution in [3.8, 4) is 0 Å². The molecule has 0 amide bonds. The van der Waals surface area contributed by atoms with Crippen molar-refractivity contribution in [1.29, 1.82) is 0 Å². The Balaban J connectivity index is 2.42. The number of nitrogens with one attached hydrogen (secondary N) is 1. The highest BCUT2D eigenvalue weighted by atomic mass is 35.5. The number of aromatic nitrogens is 2. The summed E-state index contributed by atoms with van der Waals surface area (Å²) in [6.07, 6.45) is 1.69. The first-order chi connectivity index (χ1) is 8.67. The zero-order chi connectivity index (χ0) is 13.1. The van der Waals surface area contributed by atoms with E-state index in [-0.39, 0.29) is 11.1 Å². The predicted molar refractivity (Wildman–Crippen MR) is 68.5 cm³/mol. The molecule has 18 heavy (non-hydrogen) atoms. The third kappa shape index (κ3) is 2.38. The summed E-state index contributed by atoms with van der Waals surface area (Å²) >= 11 is 5.67. The highest BCUT2D eigenvalue weighted by Crippen LogP contribution is 2.24. The molecule has 3 N–H and O–H groups in total. The minimum Gasteiger partial charge on any atom is -0.271 e. The van der Waals surface area contributed by atoms with Gasteiger partial charge in [-0.1, -0.05) is 17.7 Å². The van der Waals surface area contributed by atoms with E-state index in [1.54, 1.807) is 16.9 Å². The van der Waals surface area contributed by atoms with Crippen LogP contribution in [0, 0.1) is 5.82 Å². The Bertz CT molecular complexity index is 541. The molecule has 1 aromatic carbocycles. The number of hydrogen-bond acceptors (Lipinski definition) is 3. The number of hydrogen-bond donors (Lipinski definition) is 2. The summed E-state index contributed by atoms with van der Waals surface area (Å²) in [7, 11) is 0. The van der Waals surface area contributed by atoms with Crippen LogP contribution in [0.3, 0.4) is 0 Å². The molecule has 1 heterocycles. The smallest absolute Gasteiger partial charge is 0.142 e. The number of aryl methyl sites for hydroxylation is 1. The van der Waals surface area contributed by atoms with Crippen LogP contribution in [0.4, 0.5) is 4.39 Å². The first kappa shape index (κ1) is 13.0. The quantitative estimate of drug-likeness (QED) is 0.661. The van der Waals surface area contributed by atoms with Gasteiger partial charge in [0.1, 0.15) is 5.82 Å². The van der Waals surface area contributed by atoms with E-state index < -0.39 is 5.82 Å². The van der Waals surface area contributed by atoms with Crippen molar-refractivity contribution in [2.75, 3.05) is 0 Å². The second kappa shape index (κ2) is 5.48. The van der Waals surface area contributed by atoms with Crippen molar-refractivity contribution in [3.05, 3.63) is 52.6 Å². The van der Waals surface area contributed by atoms with Gasteiger partial charge < -0.3 is 0 Å². The average molecular weight is 269 g/mol. The second-order valence-corrected chi connectivity index (χ2v) is 4.25. The molecule has 0 fully saturated rings. The minimum absolute atomic E-state index is 0.0959. The van der Waals surface area contributed by atoms with E-state index in [1.165, 1.54) is 12.1 Å². The summed E-state index contributed by atoms with van der Waals surface area (Å²) in [5.74, 6) is 5.10. The molecule has 2 aromatic rings. The first-order valence-electron chi connectivity index (χ1n) is 5.60. The Morgan fingerprint density at radius 3 is 2.89 bits per heavy atom. The van der Waals surface area contributed by atoms with Gasteiger partial charge in [-0.3, -0.25) is 10.5 Å². The molecular weight excluding hydrogens is 255 g/mol. The van der Waals surface area contributed by atoms with Gasteiger partial charge in [-0.25, -0.2) is 9.82 Å². The van der Waals surface area contributed by atoms with E-state index in [2.05, 4.69) is 10.5 Å². The lowest BCUT2D eigenvalue weighted by Crippen LogP contribution is -2.30. The van der Waals surface area contributed by atoms with Crippen molar-refractivity contribution >= 4 is 11.6 Å². The molecule has 0 aliphatic rings. The van der Waals surface area contributed by atoms with Gasteiger partial charge in [-0.05, 0) is 30.7 Å². The minimum atomic E-state index is -0.461. The molecular formula is C12H14ClFN4. The summed E-state index contributed by atoms with van der Waals surface area (Å²) in [5.41, 5.74) is 4.25. The highest BCUT2D eigenvalue weighted by Gasteiger charge is 2.17. The van der Waals surface area contributed by atoms with Crippen LogP contribution in [-0.2, 0) is 6.54 Å². The maximum absolute atomic E-state index is 13.5. The summed E-state index contributed by atoms with van der Waals surface area (Å²) in [4.78, 5) is 0. The van der Waals surface area contributed by atoms with Crippen molar-refractivity contribution in [1.82, 2.24) is 15.2 Å². The molecule has 0 aliphatic carbocycles. The third-order valence-corrected chi connectivity index (χ3v) is 3.09. The van der Waals surface area contributed by atoms with E-state index in [0.717, 1.165) is 12.2 Å². The molecule has 1 atom stereocenters. The molecule has 0 saturated heterocycles. The van der Waals surface area contributed by atoms with Gasteiger partial charge in [0.15, 0.2) is 0 Å². The first-order valence-corrected chi connectivity index (χ1v) is 5.98. The molecule has 0 saturated carbocycles. The number of hydrazine groups is 1. The van der Waals surface area contributed by atoms with E-state index >= 15 is 0 Å². The Kier molecular flexibility index (Phi) is 3.96. The van der Waals surface area contributed by atoms with E-state index in [4.69, 9.17) is 17.4 Å². The standard InChI is InChI=1S/C12H14ClFN4/c1-2-18-11(5-6-16-18)12(17-15)8-3-4-9(13)10(14)7-8/h3-7,12,17H,2,15H2,1H3. The van der Waals surface area contributed by atoms with Crippen molar-refractivity contribution in [2.24, 2.45) is 5.84 Å². The number of nitrogens with two attached hydrogens (primary N) is 1. The number of benzene rings is 1. The van der Waals surface area contributed by atoms with E-state index in [1.807, 2.05) is 13.0 Å². The monoisotopic (exact) mass is 268 g/mol. The third-order valence-electron chi connectivity index (χ3n) is 2.79. The SMILES string of the molecule is CCn1nccc1C(NN)c1ccc(Cl)c(F)c1. The Labute approximate surface area is 110 Å². The van der Waals surface area contributed by atoms with Crippen LogP contribution in [0.2, 0.25) is 5.02 Å². The Hall–Kier alpha value is -1.43. The van der Waals surface area contributed by atoms with Gasteiger partial charge in [0.2, 0.25) is 0 Å². The van der Waals surface area contributed by atoms with Gasteiger partial charge in [-0.2, -0.15) is 5.10 Å². The molecule has 4 nitrogen and oxygen atoms in total. The fourth-order valence-corrected chi connectivity index (χ4v) is 2.01. The van der Waals surface area contributed by atoms with Crippen LogP contribution in [0.1, 0.15) is 24.2 Å². The van der Waals surface area contributed by atoms with Crippen LogP contribution in [0.15, 0.2) is 30.5 Å². The summed E-state index contributed by atoms with van der Waals surface area (Å²) in [6.45, 7) is 2.70. The van der Waals surface area contributed by atoms with Crippen molar-refractivity contribution in [2.45, 2.75) is 19.5 Å². The molecule has 96 valence electrons. The zero-order valence-electron chi connectivity index (χ0n) is 9.90. The molecule has 1 aromatic heterocycles. The normalized spacial score (nSPS) is 12.7. The van der Waals surface area contributed by atoms with E-state index in [9.17, 15) is 4.39 Å². The van der Waals surface area contributed by atoms with Gasteiger partial charge in [0.25, 0.3) is 0 Å². The Morgan fingerprint density at radius 1 is 1.50 bits per heavy atom. The number of rotatable bonds is 4. The largest absolute Gasteiger partial charge is 0.271 e. The van der Waals surface area contributed by atoms with Gasteiger partial charge in [-0.15, -0.1) is 0 Å². The summed E-state index contributed by atoms with van der Waals surface area (Å²) in [6, 6.07) is 6.16. The molecule has 0 aliphatic heterocycles. The molecule has 0 radical (unpaired) electrons.